The molecule has 0 aliphatic heterocycles. The molecule has 0 saturated heterocycles. The number of methoxy groups -OCH3 is 1. The molecule has 2 rings (SSSR count). The maximum Gasteiger partial charge on any atom is 0.348 e. The van der Waals surface area contributed by atoms with Gasteiger partial charge in [0, 0.05) is 5.56 Å². The van der Waals surface area contributed by atoms with Crippen LogP contribution in [0, 0.1) is 18.3 Å². The molecule has 0 bridgehead atoms. The Balaban J connectivity index is 2.29. The summed E-state index contributed by atoms with van der Waals surface area (Å²) in [6, 6.07) is 9.34. The average Bonchev–Trinajstić information content (AvgIpc) is 2.89. The Bertz CT molecular complexity index is 814. The van der Waals surface area contributed by atoms with Crippen LogP contribution in [0.5, 0.6) is 0 Å². The molecule has 5 nitrogen and oxygen atoms in total. The third-order valence-electron chi connectivity index (χ3n) is 3.70. The molecule has 1 aromatic heterocycles. The van der Waals surface area contributed by atoms with Crippen molar-refractivity contribution < 1.29 is 14.3 Å². The number of amides is 1. The Hall–Kier alpha value is -2.65. The van der Waals surface area contributed by atoms with Crippen LogP contribution in [0.2, 0.25) is 0 Å². The summed E-state index contributed by atoms with van der Waals surface area (Å²) in [5, 5.41) is 12.4. The largest absolute Gasteiger partial charge is 0.465 e. The number of carbonyl (C=O) groups is 2. The lowest BCUT2D eigenvalue weighted by Gasteiger charge is -2.07. The number of esters is 1. The monoisotopic (exact) mass is 342 g/mol. The zero-order chi connectivity index (χ0) is 17.9. The number of thiophene rings is 1. The summed E-state index contributed by atoms with van der Waals surface area (Å²) in [5.41, 5.74) is 2.44. The van der Waals surface area contributed by atoms with E-state index >= 15 is 0 Å². The molecule has 1 heterocycles. The molecule has 1 N–H and O–H groups in total. The Morgan fingerprint density at radius 3 is 2.38 bits per heavy atom. The van der Waals surface area contributed by atoms with Crippen molar-refractivity contribution in [2.24, 2.45) is 0 Å². The smallest absolute Gasteiger partial charge is 0.348 e. The van der Waals surface area contributed by atoms with Crippen molar-refractivity contribution in [1.82, 2.24) is 0 Å². The van der Waals surface area contributed by atoms with Crippen molar-refractivity contribution in [2.75, 3.05) is 12.4 Å². The predicted octanol–water partition coefficient (Wildman–Crippen LogP) is 4.09. The average molecular weight is 342 g/mol. The second-order valence-electron chi connectivity index (χ2n) is 5.59. The number of carbonyl (C=O) groups excluding carboxylic acids is 2. The second kappa shape index (κ2) is 7.28. The molecular formula is C18H18N2O3S. The number of benzene rings is 1. The van der Waals surface area contributed by atoms with Gasteiger partial charge in [0.2, 0.25) is 0 Å². The van der Waals surface area contributed by atoms with Crippen LogP contribution >= 0.6 is 11.3 Å². The van der Waals surface area contributed by atoms with Crippen LogP contribution in [0.15, 0.2) is 24.3 Å². The zero-order valence-corrected chi connectivity index (χ0v) is 14.8. The van der Waals surface area contributed by atoms with Crippen LogP contribution in [0.4, 0.5) is 5.00 Å². The number of hydrogen-bond acceptors (Lipinski definition) is 5. The van der Waals surface area contributed by atoms with Gasteiger partial charge in [0.1, 0.15) is 15.9 Å². The van der Waals surface area contributed by atoms with E-state index < -0.39 is 5.97 Å². The summed E-state index contributed by atoms with van der Waals surface area (Å²) in [4.78, 5) is 24.5. The van der Waals surface area contributed by atoms with Crippen molar-refractivity contribution in [2.45, 2.75) is 26.7 Å². The molecule has 0 fully saturated rings. The highest BCUT2D eigenvalue weighted by Crippen LogP contribution is 2.33. The van der Waals surface area contributed by atoms with Crippen molar-refractivity contribution in [3.63, 3.8) is 0 Å². The number of ether oxygens (including phenoxy) is 1. The Morgan fingerprint density at radius 1 is 1.25 bits per heavy atom. The van der Waals surface area contributed by atoms with Gasteiger partial charge in [-0.3, -0.25) is 4.79 Å². The summed E-state index contributed by atoms with van der Waals surface area (Å²) in [7, 11) is 1.28. The van der Waals surface area contributed by atoms with E-state index in [0.717, 1.165) is 16.9 Å². The first-order valence-electron chi connectivity index (χ1n) is 7.42. The molecule has 0 unspecified atom stereocenters. The van der Waals surface area contributed by atoms with E-state index in [2.05, 4.69) is 19.2 Å². The number of anilines is 1. The molecule has 1 aromatic carbocycles. The van der Waals surface area contributed by atoms with Crippen LogP contribution in [0.3, 0.4) is 0 Å². The highest BCUT2D eigenvalue weighted by molar-refractivity contribution is 7.18. The van der Waals surface area contributed by atoms with Crippen LogP contribution < -0.4 is 5.32 Å². The van der Waals surface area contributed by atoms with E-state index in [4.69, 9.17) is 4.74 Å². The third kappa shape index (κ3) is 3.47. The number of rotatable bonds is 4. The predicted molar refractivity (Wildman–Crippen MR) is 93.6 cm³/mol. The lowest BCUT2D eigenvalue weighted by atomic mass is 10.0. The summed E-state index contributed by atoms with van der Waals surface area (Å²) in [6.45, 7) is 5.82. The van der Waals surface area contributed by atoms with Gasteiger partial charge >= 0.3 is 5.97 Å². The summed E-state index contributed by atoms with van der Waals surface area (Å²) < 4.78 is 4.70. The van der Waals surface area contributed by atoms with Crippen LogP contribution in [0.1, 0.15) is 56.5 Å². The maximum absolute atomic E-state index is 12.4. The van der Waals surface area contributed by atoms with Gasteiger partial charge in [0.05, 0.1) is 12.7 Å². The van der Waals surface area contributed by atoms with Crippen LogP contribution in [0.25, 0.3) is 0 Å². The fourth-order valence-corrected chi connectivity index (χ4v) is 3.29. The molecule has 6 heteroatoms. The van der Waals surface area contributed by atoms with Gasteiger partial charge in [-0.15, -0.1) is 11.3 Å². The first kappa shape index (κ1) is 17.7. The fourth-order valence-electron chi connectivity index (χ4n) is 2.22. The second-order valence-corrected chi connectivity index (χ2v) is 6.62. The van der Waals surface area contributed by atoms with Crippen molar-refractivity contribution >= 4 is 28.2 Å². The highest BCUT2D eigenvalue weighted by atomic mass is 32.1. The van der Waals surface area contributed by atoms with Crippen LogP contribution in [-0.2, 0) is 4.74 Å². The number of nitriles is 1. The van der Waals surface area contributed by atoms with E-state index in [9.17, 15) is 14.9 Å². The van der Waals surface area contributed by atoms with Gasteiger partial charge in [-0.25, -0.2) is 4.79 Å². The lowest BCUT2D eigenvalue weighted by Crippen LogP contribution is -2.11. The minimum Gasteiger partial charge on any atom is -0.465 e. The molecule has 24 heavy (non-hydrogen) atoms. The fraction of sp³-hybridized carbons (Fsp3) is 0.278. The minimum absolute atomic E-state index is 0.285. The molecule has 0 saturated carbocycles. The Labute approximate surface area is 144 Å². The van der Waals surface area contributed by atoms with Crippen molar-refractivity contribution in [3.8, 4) is 6.07 Å². The quantitative estimate of drug-likeness (QED) is 0.849. The lowest BCUT2D eigenvalue weighted by molar-refractivity contribution is 0.0605. The first-order chi connectivity index (χ1) is 11.4. The minimum atomic E-state index is -0.518. The van der Waals surface area contributed by atoms with E-state index in [1.165, 1.54) is 7.11 Å². The molecule has 2 aromatic rings. The van der Waals surface area contributed by atoms with Crippen molar-refractivity contribution in [3.05, 3.63) is 51.4 Å². The van der Waals surface area contributed by atoms with Gasteiger partial charge in [-0.2, -0.15) is 5.26 Å². The molecule has 1 amide bonds. The summed E-state index contributed by atoms with van der Waals surface area (Å²) in [6.07, 6.45) is 0. The molecule has 0 atom stereocenters. The summed E-state index contributed by atoms with van der Waals surface area (Å²) >= 11 is 1.05. The van der Waals surface area contributed by atoms with E-state index in [-0.39, 0.29) is 11.5 Å². The van der Waals surface area contributed by atoms with E-state index in [0.29, 0.717) is 26.9 Å². The Morgan fingerprint density at radius 2 is 1.88 bits per heavy atom. The number of nitrogens with one attached hydrogen (secondary N) is 1. The molecule has 0 aliphatic rings. The molecule has 0 radical (unpaired) electrons. The molecular weight excluding hydrogens is 324 g/mol. The normalized spacial score (nSPS) is 10.3. The number of nitrogens with zero attached hydrogens (tertiary/aromatic N) is 1. The Kier molecular flexibility index (Phi) is 5.37. The topological polar surface area (TPSA) is 79.2 Å². The molecule has 124 valence electrons. The maximum atomic E-state index is 12.4. The first-order valence-corrected chi connectivity index (χ1v) is 8.23. The highest BCUT2D eigenvalue weighted by Gasteiger charge is 2.22. The van der Waals surface area contributed by atoms with Gasteiger partial charge in [0.25, 0.3) is 5.91 Å². The standard InChI is InChI=1S/C18H18N2O3S/c1-10(2)12-5-7-13(8-6-12)16(21)20-17-14(9-19)11(3)15(24-17)18(22)23-4/h5-8,10H,1-4H3,(H,20,21). The van der Waals surface area contributed by atoms with Gasteiger partial charge in [-0.1, -0.05) is 26.0 Å². The molecule has 0 aliphatic carbocycles. The number of hydrogen-bond donors (Lipinski definition) is 1. The van der Waals surface area contributed by atoms with E-state index in [1.807, 2.05) is 18.2 Å². The van der Waals surface area contributed by atoms with Crippen LogP contribution in [-0.4, -0.2) is 19.0 Å². The third-order valence-corrected chi connectivity index (χ3v) is 4.88. The van der Waals surface area contributed by atoms with Gasteiger partial charge in [-0.05, 0) is 36.1 Å². The molecule has 0 spiro atoms. The summed E-state index contributed by atoms with van der Waals surface area (Å²) in [5.74, 6) is -0.454. The SMILES string of the molecule is COC(=O)c1sc(NC(=O)c2ccc(C(C)C)cc2)c(C#N)c1C. The van der Waals surface area contributed by atoms with Gasteiger partial charge in [0.15, 0.2) is 0 Å². The van der Waals surface area contributed by atoms with E-state index in [1.54, 1.807) is 19.1 Å². The zero-order valence-electron chi connectivity index (χ0n) is 14.0. The van der Waals surface area contributed by atoms with Gasteiger partial charge < -0.3 is 10.1 Å². The van der Waals surface area contributed by atoms with Crippen molar-refractivity contribution in [1.29, 1.82) is 5.26 Å².